The summed E-state index contributed by atoms with van der Waals surface area (Å²) in [5.41, 5.74) is 12.9. The van der Waals surface area contributed by atoms with Crippen LogP contribution < -0.4 is 0 Å². The first-order chi connectivity index (χ1) is 30.8. The zero-order valence-electron chi connectivity index (χ0n) is 34.2. The maximum absolute atomic E-state index is 5.45. The van der Waals surface area contributed by atoms with Crippen molar-refractivity contribution in [1.29, 1.82) is 0 Å². The van der Waals surface area contributed by atoms with Crippen molar-refractivity contribution in [3.63, 3.8) is 0 Å². The van der Waals surface area contributed by atoms with Crippen molar-refractivity contribution in [3.8, 4) is 56.9 Å². The van der Waals surface area contributed by atoms with Gasteiger partial charge < -0.3 is 4.57 Å². The van der Waals surface area contributed by atoms with E-state index in [0.717, 1.165) is 55.9 Å². The molecule has 0 radical (unpaired) electrons. The third-order valence-corrected chi connectivity index (χ3v) is 12.8. The molecule has 0 amide bonds. The molecular weight excluding hydrogens is 757 g/mol. The summed E-state index contributed by atoms with van der Waals surface area (Å²) in [4.78, 5) is 21.1. The molecule has 0 saturated heterocycles. The third kappa shape index (κ3) is 6.09. The molecule has 1 saturated carbocycles. The molecule has 1 aliphatic carbocycles. The molecule has 6 heteroatoms. The predicted molar refractivity (Wildman–Crippen MR) is 254 cm³/mol. The van der Waals surface area contributed by atoms with Gasteiger partial charge in [0.25, 0.3) is 0 Å². The molecule has 0 atom stereocenters. The molecule has 12 rings (SSSR count). The van der Waals surface area contributed by atoms with Crippen molar-refractivity contribution in [2.24, 2.45) is 0 Å². The van der Waals surface area contributed by atoms with Gasteiger partial charge in [-0.25, -0.2) is 9.97 Å². The van der Waals surface area contributed by atoms with Gasteiger partial charge in [-0.15, -0.1) is 0 Å². The molecule has 0 unspecified atom stereocenters. The number of hydrogen-bond acceptors (Lipinski definition) is 4. The average molecular weight is 799 g/mol. The molecular formula is C56H42N6. The number of pyridine rings is 1. The lowest BCUT2D eigenvalue weighted by Gasteiger charge is -2.23. The summed E-state index contributed by atoms with van der Waals surface area (Å²) in [5.74, 6) is 2.29. The van der Waals surface area contributed by atoms with E-state index in [1.54, 1.807) is 0 Å². The van der Waals surface area contributed by atoms with Gasteiger partial charge >= 0.3 is 0 Å². The Morgan fingerprint density at radius 2 is 0.919 bits per heavy atom. The van der Waals surface area contributed by atoms with Crippen LogP contribution in [0.25, 0.3) is 101 Å². The zero-order chi connectivity index (χ0) is 41.0. The van der Waals surface area contributed by atoms with Gasteiger partial charge in [-0.3, -0.25) is 4.57 Å². The Morgan fingerprint density at radius 3 is 1.60 bits per heavy atom. The molecule has 0 aliphatic heterocycles. The Kier molecular flexibility index (Phi) is 8.80. The van der Waals surface area contributed by atoms with Crippen LogP contribution in [0.15, 0.2) is 188 Å². The standard InChI is InChI=1S/C56H42N6/c1-5-18-37(19-6-1)45-36-46-43-26-13-15-30-49(43)61(42-24-11-4-12-25-42)52(46)53-51(45)44-27-14-16-31-50(44)62(53)56-59-54(40-22-9-3-10-23-40)58-55(60-56)41-34-32-39(33-35-41)48-29-17-28-47(57-48)38-20-7-2-8-21-38/h2-4,7-17,20-37H,1,5-6,18-19H2. The second-order valence-electron chi connectivity index (χ2n) is 16.5. The highest BCUT2D eigenvalue weighted by atomic mass is 15.2. The Bertz CT molecular complexity index is 3420. The normalized spacial score (nSPS) is 13.4. The Hall–Kier alpha value is -7.70. The quantitative estimate of drug-likeness (QED) is 0.161. The highest BCUT2D eigenvalue weighted by molar-refractivity contribution is 6.25. The van der Waals surface area contributed by atoms with Crippen LogP contribution in [-0.4, -0.2) is 29.1 Å². The first-order valence-electron chi connectivity index (χ1n) is 21.8. The summed E-state index contributed by atoms with van der Waals surface area (Å²) in [7, 11) is 0. The van der Waals surface area contributed by atoms with E-state index in [-0.39, 0.29) is 0 Å². The number of aromatic nitrogens is 6. The fourth-order valence-electron chi connectivity index (χ4n) is 9.88. The molecule has 1 fully saturated rings. The molecule has 62 heavy (non-hydrogen) atoms. The topological polar surface area (TPSA) is 61.4 Å². The van der Waals surface area contributed by atoms with Crippen LogP contribution in [-0.2, 0) is 0 Å². The van der Waals surface area contributed by atoms with Gasteiger partial charge in [0.05, 0.1) is 33.5 Å². The van der Waals surface area contributed by atoms with Crippen LogP contribution in [0.4, 0.5) is 0 Å². The van der Waals surface area contributed by atoms with Crippen molar-refractivity contribution < 1.29 is 0 Å². The number of fused-ring (bicyclic) bond motifs is 7. The minimum Gasteiger partial charge on any atom is -0.307 e. The van der Waals surface area contributed by atoms with Crippen LogP contribution in [0.5, 0.6) is 0 Å². The second-order valence-corrected chi connectivity index (χ2v) is 16.5. The van der Waals surface area contributed by atoms with Gasteiger partial charge in [0.1, 0.15) is 0 Å². The average Bonchev–Trinajstić information content (AvgIpc) is 3.88. The largest absolute Gasteiger partial charge is 0.307 e. The minimum atomic E-state index is 0.462. The molecule has 0 N–H and O–H groups in total. The summed E-state index contributed by atoms with van der Waals surface area (Å²) >= 11 is 0. The van der Waals surface area contributed by atoms with Crippen LogP contribution in [0.2, 0.25) is 0 Å². The number of para-hydroxylation sites is 3. The molecule has 11 aromatic rings. The van der Waals surface area contributed by atoms with E-state index in [0.29, 0.717) is 23.5 Å². The fourth-order valence-corrected chi connectivity index (χ4v) is 9.88. The summed E-state index contributed by atoms with van der Waals surface area (Å²) in [6.07, 6.45) is 6.17. The molecule has 7 aromatic carbocycles. The maximum Gasteiger partial charge on any atom is 0.238 e. The smallest absolute Gasteiger partial charge is 0.238 e. The van der Waals surface area contributed by atoms with Crippen LogP contribution in [0.3, 0.4) is 0 Å². The van der Waals surface area contributed by atoms with E-state index >= 15 is 0 Å². The monoisotopic (exact) mass is 798 g/mol. The van der Waals surface area contributed by atoms with Crippen LogP contribution in [0, 0.1) is 0 Å². The number of nitrogens with zero attached hydrogens (tertiary/aromatic N) is 6. The van der Waals surface area contributed by atoms with E-state index in [9.17, 15) is 0 Å². The van der Waals surface area contributed by atoms with Crippen molar-refractivity contribution >= 4 is 43.6 Å². The second kappa shape index (κ2) is 15.1. The number of hydrogen-bond donors (Lipinski definition) is 0. The summed E-state index contributed by atoms with van der Waals surface area (Å²) in [6, 6.07) is 66.3. The van der Waals surface area contributed by atoms with E-state index in [1.165, 1.54) is 64.7 Å². The SMILES string of the molecule is c1ccc(-c2cccc(-c3ccc(-c4nc(-c5ccccc5)nc(-n5c6ccccc6c6c(C7CCCCC7)cc7c8ccccc8n(-c8ccccc8)c7c65)n4)cc3)n2)cc1. The Morgan fingerprint density at radius 1 is 0.387 bits per heavy atom. The summed E-state index contributed by atoms with van der Waals surface area (Å²) in [6.45, 7) is 0. The number of benzene rings is 7. The molecule has 296 valence electrons. The van der Waals surface area contributed by atoms with Gasteiger partial charge in [-0.1, -0.05) is 165 Å². The highest BCUT2D eigenvalue weighted by Gasteiger charge is 2.28. The Labute approximate surface area is 359 Å². The van der Waals surface area contributed by atoms with E-state index in [2.05, 4.69) is 161 Å². The maximum atomic E-state index is 5.45. The first kappa shape index (κ1) is 36.2. The molecule has 6 nitrogen and oxygen atoms in total. The lowest BCUT2D eigenvalue weighted by atomic mass is 9.81. The Balaban J connectivity index is 1.13. The lowest BCUT2D eigenvalue weighted by molar-refractivity contribution is 0.446. The van der Waals surface area contributed by atoms with Crippen LogP contribution in [0.1, 0.15) is 43.6 Å². The van der Waals surface area contributed by atoms with E-state index in [1.807, 2.05) is 36.4 Å². The van der Waals surface area contributed by atoms with Gasteiger partial charge in [-0.05, 0) is 66.8 Å². The molecule has 4 aromatic heterocycles. The third-order valence-electron chi connectivity index (χ3n) is 12.8. The molecule has 1 aliphatic rings. The van der Waals surface area contributed by atoms with Crippen molar-refractivity contribution in [2.75, 3.05) is 0 Å². The minimum absolute atomic E-state index is 0.462. The lowest BCUT2D eigenvalue weighted by Crippen LogP contribution is -2.08. The van der Waals surface area contributed by atoms with Crippen molar-refractivity contribution in [1.82, 2.24) is 29.1 Å². The van der Waals surface area contributed by atoms with E-state index in [4.69, 9.17) is 19.9 Å². The fraction of sp³-hybridized carbons (Fsp3) is 0.107. The molecule has 4 heterocycles. The molecule has 0 bridgehead atoms. The zero-order valence-corrected chi connectivity index (χ0v) is 34.2. The van der Waals surface area contributed by atoms with Gasteiger partial charge in [0, 0.05) is 49.5 Å². The first-order valence-corrected chi connectivity index (χ1v) is 21.8. The van der Waals surface area contributed by atoms with Crippen molar-refractivity contribution in [2.45, 2.75) is 38.0 Å². The summed E-state index contributed by atoms with van der Waals surface area (Å²) in [5, 5.41) is 5.00. The van der Waals surface area contributed by atoms with Crippen molar-refractivity contribution in [3.05, 3.63) is 194 Å². The van der Waals surface area contributed by atoms with Gasteiger partial charge in [-0.2, -0.15) is 9.97 Å². The predicted octanol–water partition coefficient (Wildman–Crippen LogP) is 14.2. The van der Waals surface area contributed by atoms with Crippen LogP contribution >= 0.6 is 0 Å². The number of rotatable bonds is 7. The van der Waals surface area contributed by atoms with E-state index < -0.39 is 0 Å². The van der Waals surface area contributed by atoms with Gasteiger partial charge in [0.15, 0.2) is 11.6 Å². The van der Waals surface area contributed by atoms with Gasteiger partial charge in [0.2, 0.25) is 5.95 Å². The molecule has 0 spiro atoms. The highest BCUT2D eigenvalue weighted by Crippen LogP contribution is 2.47. The summed E-state index contributed by atoms with van der Waals surface area (Å²) < 4.78 is 4.79.